The van der Waals surface area contributed by atoms with Crippen molar-refractivity contribution < 1.29 is 0 Å². The molecular weight excluding hydrogens is 226 g/mol. The lowest BCUT2D eigenvalue weighted by Crippen LogP contribution is -2.28. The number of nitrogens with zero attached hydrogens (tertiary/aromatic N) is 1. The molecule has 2 rings (SSSR count). The minimum atomic E-state index is 1.11. The van der Waals surface area contributed by atoms with Crippen LogP contribution in [0.5, 0.6) is 0 Å². The molecule has 0 atom stereocenters. The summed E-state index contributed by atoms with van der Waals surface area (Å²) in [6.07, 6.45) is 2.50. The summed E-state index contributed by atoms with van der Waals surface area (Å²) in [5.41, 5.74) is 2.90. The maximum absolute atomic E-state index is 3.61. The second kappa shape index (κ2) is 3.70. The fourth-order valence-electron chi connectivity index (χ4n) is 1.99. The fraction of sp³-hybridized carbons (Fsp3) is 0.455. The maximum atomic E-state index is 3.61. The predicted octanol–water partition coefficient (Wildman–Crippen LogP) is 3.22. The minimum Gasteiger partial charge on any atom is -0.372 e. The largest absolute Gasteiger partial charge is 0.372 e. The Morgan fingerprint density at radius 2 is 2.31 bits per heavy atom. The first-order chi connectivity index (χ1) is 6.33. The van der Waals surface area contributed by atoms with E-state index < -0.39 is 0 Å². The topological polar surface area (TPSA) is 3.24 Å². The second-order valence-corrected chi connectivity index (χ2v) is 4.28. The molecule has 1 nitrogen and oxygen atoms in total. The van der Waals surface area contributed by atoms with Gasteiger partial charge in [0.05, 0.1) is 0 Å². The van der Waals surface area contributed by atoms with Crippen molar-refractivity contribution in [1.82, 2.24) is 0 Å². The van der Waals surface area contributed by atoms with E-state index in [-0.39, 0.29) is 0 Å². The van der Waals surface area contributed by atoms with E-state index in [1.807, 2.05) is 0 Å². The van der Waals surface area contributed by atoms with Gasteiger partial charge in [-0.2, -0.15) is 0 Å². The Kier molecular flexibility index (Phi) is 2.58. The first-order valence-corrected chi connectivity index (χ1v) is 5.64. The number of halogens is 1. The summed E-state index contributed by atoms with van der Waals surface area (Å²) in [5.74, 6) is 0. The Bertz CT molecular complexity index is 309. The van der Waals surface area contributed by atoms with Crippen molar-refractivity contribution in [2.45, 2.75) is 19.8 Å². The van der Waals surface area contributed by atoms with Crippen LogP contribution in [-0.4, -0.2) is 13.1 Å². The van der Waals surface area contributed by atoms with Gasteiger partial charge in [-0.15, -0.1) is 0 Å². The zero-order valence-electron chi connectivity index (χ0n) is 7.89. The van der Waals surface area contributed by atoms with Crippen molar-refractivity contribution in [3.05, 3.63) is 28.2 Å². The summed E-state index contributed by atoms with van der Waals surface area (Å²) in [6, 6.07) is 6.48. The Hall–Kier alpha value is -0.500. The van der Waals surface area contributed by atoms with Crippen molar-refractivity contribution in [3.8, 4) is 0 Å². The molecule has 0 amide bonds. The van der Waals surface area contributed by atoms with Crippen LogP contribution in [-0.2, 0) is 6.42 Å². The molecule has 0 spiro atoms. The molecule has 0 aromatic heterocycles. The molecular formula is C11H14BrN. The van der Waals surface area contributed by atoms with Crippen molar-refractivity contribution in [2.75, 3.05) is 18.0 Å². The SMILES string of the molecule is CCN1CCCc2c(Br)cccc21. The lowest BCUT2D eigenvalue weighted by molar-refractivity contribution is 0.706. The highest BCUT2D eigenvalue weighted by Crippen LogP contribution is 2.32. The van der Waals surface area contributed by atoms with Crippen molar-refractivity contribution in [2.24, 2.45) is 0 Å². The summed E-state index contributed by atoms with van der Waals surface area (Å²) in [4.78, 5) is 2.45. The Balaban J connectivity index is 2.45. The number of fused-ring (bicyclic) bond motifs is 1. The van der Waals surface area contributed by atoms with Gasteiger partial charge in [-0.3, -0.25) is 0 Å². The van der Waals surface area contributed by atoms with Crippen LogP contribution in [0.4, 0.5) is 5.69 Å². The number of hydrogen-bond donors (Lipinski definition) is 0. The van der Waals surface area contributed by atoms with Crippen molar-refractivity contribution in [3.63, 3.8) is 0 Å². The summed E-state index contributed by atoms with van der Waals surface area (Å²) >= 11 is 3.61. The van der Waals surface area contributed by atoms with E-state index in [1.54, 1.807) is 0 Å². The molecule has 2 heteroatoms. The van der Waals surface area contributed by atoms with Gasteiger partial charge < -0.3 is 4.90 Å². The molecule has 0 fully saturated rings. The smallest absolute Gasteiger partial charge is 0.0410 e. The molecule has 0 bridgehead atoms. The number of hydrogen-bond acceptors (Lipinski definition) is 1. The van der Waals surface area contributed by atoms with Gasteiger partial charge in [0.25, 0.3) is 0 Å². The van der Waals surface area contributed by atoms with E-state index >= 15 is 0 Å². The average Bonchev–Trinajstić information content (AvgIpc) is 2.18. The molecule has 0 unspecified atom stereocenters. The third-order valence-electron chi connectivity index (χ3n) is 2.67. The maximum Gasteiger partial charge on any atom is 0.0410 e. The molecule has 0 aliphatic carbocycles. The highest BCUT2D eigenvalue weighted by atomic mass is 79.9. The Morgan fingerprint density at radius 3 is 3.08 bits per heavy atom. The fourth-order valence-corrected chi connectivity index (χ4v) is 2.54. The minimum absolute atomic E-state index is 1.11. The van der Waals surface area contributed by atoms with Crippen LogP contribution in [0.3, 0.4) is 0 Å². The van der Waals surface area contributed by atoms with E-state index in [0.717, 1.165) is 6.54 Å². The van der Waals surface area contributed by atoms with Gasteiger partial charge >= 0.3 is 0 Å². The van der Waals surface area contributed by atoms with Gasteiger partial charge in [-0.05, 0) is 37.5 Å². The predicted molar refractivity (Wildman–Crippen MR) is 60.4 cm³/mol. The molecule has 0 radical (unpaired) electrons. The second-order valence-electron chi connectivity index (χ2n) is 3.42. The van der Waals surface area contributed by atoms with Crippen molar-refractivity contribution >= 4 is 21.6 Å². The first-order valence-electron chi connectivity index (χ1n) is 4.85. The van der Waals surface area contributed by atoms with Gasteiger partial charge in [0.15, 0.2) is 0 Å². The third-order valence-corrected chi connectivity index (χ3v) is 3.41. The van der Waals surface area contributed by atoms with Gasteiger partial charge in [0.2, 0.25) is 0 Å². The first kappa shape index (κ1) is 9.07. The summed E-state index contributed by atoms with van der Waals surface area (Å²) in [7, 11) is 0. The van der Waals surface area contributed by atoms with Gasteiger partial charge in [0, 0.05) is 23.2 Å². The van der Waals surface area contributed by atoms with Crippen LogP contribution in [0.1, 0.15) is 18.9 Å². The van der Waals surface area contributed by atoms with Crippen LogP contribution in [0.15, 0.2) is 22.7 Å². The summed E-state index contributed by atoms with van der Waals surface area (Å²) < 4.78 is 1.27. The van der Waals surface area contributed by atoms with E-state index in [9.17, 15) is 0 Å². The Labute approximate surface area is 87.9 Å². The zero-order valence-corrected chi connectivity index (χ0v) is 9.47. The van der Waals surface area contributed by atoms with Crippen molar-refractivity contribution in [1.29, 1.82) is 0 Å². The molecule has 1 aliphatic rings. The average molecular weight is 240 g/mol. The van der Waals surface area contributed by atoms with Gasteiger partial charge in [-0.1, -0.05) is 22.0 Å². The quantitative estimate of drug-likeness (QED) is 0.728. The monoisotopic (exact) mass is 239 g/mol. The number of anilines is 1. The van der Waals surface area contributed by atoms with E-state index in [1.165, 1.54) is 35.1 Å². The zero-order chi connectivity index (χ0) is 9.26. The standard InChI is InChI=1S/C11H14BrN/c1-2-13-8-4-5-9-10(12)6-3-7-11(9)13/h3,6-7H,2,4-5,8H2,1H3. The van der Waals surface area contributed by atoms with E-state index in [0.29, 0.717) is 0 Å². The molecule has 1 aliphatic heterocycles. The molecule has 1 heterocycles. The summed E-state index contributed by atoms with van der Waals surface area (Å²) in [6.45, 7) is 4.54. The third kappa shape index (κ3) is 1.60. The molecule has 0 saturated carbocycles. The van der Waals surface area contributed by atoms with Crippen LogP contribution in [0, 0.1) is 0 Å². The number of rotatable bonds is 1. The van der Waals surface area contributed by atoms with E-state index in [2.05, 4.69) is 46.0 Å². The van der Waals surface area contributed by atoms with Crippen LogP contribution < -0.4 is 4.90 Å². The molecule has 70 valence electrons. The van der Waals surface area contributed by atoms with Crippen LogP contribution >= 0.6 is 15.9 Å². The molecule has 0 N–H and O–H groups in total. The van der Waals surface area contributed by atoms with Gasteiger partial charge in [0.1, 0.15) is 0 Å². The van der Waals surface area contributed by atoms with Crippen LogP contribution in [0.2, 0.25) is 0 Å². The Morgan fingerprint density at radius 1 is 1.46 bits per heavy atom. The normalized spacial score (nSPS) is 15.7. The molecule has 1 aromatic carbocycles. The lowest BCUT2D eigenvalue weighted by atomic mass is 10.0. The molecule has 1 aromatic rings. The van der Waals surface area contributed by atoms with Crippen LogP contribution in [0.25, 0.3) is 0 Å². The lowest BCUT2D eigenvalue weighted by Gasteiger charge is -2.30. The van der Waals surface area contributed by atoms with Gasteiger partial charge in [-0.25, -0.2) is 0 Å². The summed E-state index contributed by atoms with van der Waals surface area (Å²) in [5, 5.41) is 0. The molecule has 13 heavy (non-hydrogen) atoms. The highest BCUT2D eigenvalue weighted by molar-refractivity contribution is 9.10. The molecule has 0 saturated heterocycles. The highest BCUT2D eigenvalue weighted by Gasteiger charge is 2.16. The van der Waals surface area contributed by atoms with E-state index in [4.69, 9.17) is 0 Å². The number of benzene rings is 1.